The first-order valence-corrected chi connectivity index (χ1v) is 6.60. The summed E-state index contributed by atoms with van der Waals surface area (Å²) in [4.78, 5) is 11.5. The van der Waals surface area contributed by atoms with E-state index < -0.39 is 23.9 Å². The highest BCUT2D eigenvalue weighted by molar-refractivity contribution is 9.10. The van der Waals surface area contributed by atoms with Crippen LogP contribution in [0.3, 0.4) is 0 Å². The molecule has 1 amide bonds. The molecule has 1 atom stereocenters. The Bertz CT molecular complexity index is 483. The van der Waals surface area contributed by atoms with Gasteiger partial charge in [0.15, 0.2) is 6.04 Å². The lowest BCUT2D eigenvalue weighted by molar-refractivity contribution is -0.156. The minimum Gasteiger partial charge on any atom is -0.444 e. The molecule has 0 bridgehead atoms. The number of nitrogens with one attached hydrogen (secondary N) is 1. The largest absolute Gasteiger partial charge is 0.444 e. The first kappa shape index (κ1) is 16.8. The third-order valence-corrected chi connectivity index (χ3v) is 2.66. The highest BCUT2D eigenvalue weighted by atomic mass is 79.9. The van der Waals surface area contributed by atoms with Crippen molar-refractivity contribution in [1.29, 1.82) is 0 Å². The lowest BCUT2D eigenvalue weighted by Gasteiger charge is -2.25. The number of hydrogen-bond acceptors (Lipinski definition) is 2. The quantitative estimate of drug-likeness (QED) is 0.845. The molecule has 1 rings (SSSR count). The second kappa shape index (κ2) is 6.03. The van der Waals surface area contributed by atoms with Crippen LogP contribution in [0.15, 0.2) is 28.7 Å². The van der Waals surface area contributed by atoms with E-state index in [1.165, 1.54) is 18.2 Å². The van der Waals surface area contributed by atoms with Gasteiger partial charge in [0.05, 0.1) is 0 Å². The lowest BCUT2D eigenvalue weighted by atomic mass is 10.1. The summed E-state index contributed by atoms with van der Waals surface area (Å²) in [5, 5.41) is 1.85. The fourth-order valence-corrected chi connectivity index (χ4v) is 1.88. The summed E-state index contributed by atoms with van der Waals surface area (Å²) in [6.07, 6.45) is -5.72. The summed E-state index contributed by atoms with van der Waals surface area (Å²) in [5.41, 5.74) is -0.935. The number of alkyl halides is 3. The van der Waals surface area contributed by atoms with Crippen molar-refractivity contribution in [2.75, 3.05) is 0 Å². The van der Waals surface area contributed by atoms with Gasteiger partial charge in [0.25, 0.3) is 0 Å². The maximum Gasteiger partial charge on any atom is 0.412 e. The van der Waals surface area contributed by atoms with E-state index in [-0.39, 0.29) is 5.56 Å². The number of rotatable bonds is 2. The van der Waals surface area contributed by atoms with Crippen LogP contribution < -0.4 is 5.32 Å². The first-order valence-electron chi connectivity index (χ1n) is 5.81. The first-order chi connectivity index (χ1) is 8.99. The van der Waals surface area contributed by atoms with Crippen LogP contribution in [0.5, 0.6) is 0 Å². The molecule has 0 saturated carbocycles. The van der Waals surface area contributed by atoms with Gasteiger partial charge in [-0.2, -0.15) is 13.2 Å². The molecule has 0 fully saturated rings. The fraction of sp³-hybridized carbons (Fsp3) is 0.462. The maximum absolute atomic E-state index is 13.0. The second-order valence-electron chi connectivity index (χ2n) is 5.18. The molecule has 1 unspecified atom stereocenters. The van der Waals surface area contributed by atoms with Crippen molar-refractivity contribution >= 4 is 22.0 Å². The predicted octanol–water partition coefficient (Wildman–Crippen LogP) is 4.58. The molecule has 0 radical (unpaired) electrons. The molecule has 0 heterocycles. The van der Waals surface area contributed by atoms with Crippen molar-refractivity contribution in [2.24, 2.45) is 0 Å². The molecular weight excluding hydrogens is 339 g/mol. The van der Waals surface area contributed by atoms with E-state index in [2.05, 4.69) is 15.9 Å². The number of benzene rings is 1. The number of amides is 1. The predicted molar refractivity (Wildman–Crippen MR) is 72.3 cm³/mol. The third kappa shape index (κ3) is 5.40. The summed E-state index contributed by atoms with van der Waals surface area (Å²) < 4.78 is 44.5. The minimum absolute atomic E-state index is 0.0715. The number of carbonyl (C=O) groups is 1. The summed E-state index contributed by atoms with van der Waals surface area (Å²) in [6.45, 7) is 4.73. The molecule has 20 heavy (non-hydrogen) atoms. The molecule has 0 saturated heterocycles. The van der Waals surface area contributed by atoms with Gasteiger partial charge in [0, 0.05) is 4.47 Å². The standard InChI is InChI=1S/C13H15BrF3NO2/c1-12(2,3)20-11(19)18-10(13(15,16)17)8-5-4-6-9(14)7-8/h4-7,10H,1-3H3,(H,18,19). The highest BCUT2D eigenvalue weighted by Gasteiger charge is 2.42. The van der Waals surface area contributed by atoms with E-state index in [0.29, 0.717) is 4.47 Å². The Morgan fingerprint density at radius 3 is 2.35 bits per heavy atom. The zero-order valence-electron chi connectivity index (χ0n) is 11.2. The molecule has 0 aliphatic rings. The Balaban J connectivity index is 2.95. The average molecular weight is 354 g/mol. The summed E-state index contributed by atoms with van der Waals surface area (Å²) in [6, 6.07) is 3.55. The van der Waals surface area contributed by atoms with Crippen LogP contribution in [0.25, 0.3) is 0 Å². The highest BCUT2D eigenvalue weighted by Crippen LogP contribution is 2.33. The molecule has 0 spiro atoms. The van der Waals surface area contributed by atoms with E-state index in [1.807, 2.05) is 5.32 Å². The normalized spacial score (nSPS) is 13.8. The molecule has 112 valence electrons. The van der Waals surface area contributed by atoms with Gasteiger partial charge in [-0.15, -0.1) is 0 Å². The van der Waals surface area contributed by atoms with Gasteiger partial charge < -0.3 is 10.1 Å². The smallest absolute Gasteiger partial charge is 0.412 e. The van der Waals surface area contributed by atoms with Gasteiger partial charge >= 0.3 is 12.3 Å². The van der Waals surface area contributed by atoms with Crippen LogP contribution in [0, 0.1) is 0 Å². The van der Waals surface area contributed by atoms with Crippen molar-refractivity contribution in [3.63, 3.8) is 0 Å². The van der Waals surface area contributed by atoms with Crippen LogP contribution in [0.2, 0.25) is 0 Å². The Morgan fingerprint density at radius 1 is 1.30 bits per heavy atom. The molecule has 1 aromatic carbocycles. The van der Waals surface area contributed by atoms with Gasteiger partial charge in [-0.25, -0.2) is 4.79 Å². The fourth-order valence-electron chi connectivity index (χ4n) is 1.47. The maximum atomic E-state index is 13.0. The summed E-state index contributed by atoms with van der Waals surface area (Å²) >= 11 is 3.10. The van der Waals surface area contributed by atoms with Crippen molar-refractivity contribution in [1.82, 2.24) is 5.32 Å². The lowest BCUT2D eigenvalue weighted by Crippen LogP contribution is -2.41. The third-order valence-electron chi connectivity index (χ3n) is 2.17. The van der Waals surface area contributed by atoms with E-state index in [0.717, 1.165) is 0 Å². The van der Waals surface area contributed by atoms with Crippen molar-refractivity contribution in [3.05, 3.63) is 34.3 Å². The summed E-state index contributed by atoms with van der Waals surface area (Å²) in [5.74, 6) is 0. The van der Waals surface area contributed by atoms with Crippen LogP contribution in [-0.2, 0) is 4.74 Å². The molecule has 0 aliphatic carbocycles. The summed E-state index contributed by atoms with van der Waals surface area (Å²) in [7, 11) is 0. The van der Waals surface area contributed by atoms with E-state index in [1.54, 1.807) is 26.8 Å². The average Bonchev–Trinajstić information content (AvgIpc) is 2.21. The second-order valence-corrected chi connectivity index (χ2v) is 6.09. The zero-order valence-corrected chi connectivity index (χ0v) is 12.8. The van der Waals surface area contributed by atoms with Crippen LogP contribution in [-0.4, -0.2) is 17.9 Å². The van der Waals surface area contributed by atoms with Gasteiger partial charge in [0.2, 0.25) is 0 Å². The SMILES string of the molecule is CC(C)(C)OC(=O)NC(c1cccc(Br)c1)C(F)(F)F. The topological polar surface area (TPSA) is 38.3 Å². The monoisotopic (exact) mass is 353 g/mol. The van der Waals surface area contributed by atoms with Gasteiger partial charge in [-0.05, 0) is 38.5 Å². The molecule has 1 N–H and O–H groups in total. The Morgan fingerprint density at radius 2 is 1.90 bits per heavy atom. The Labute approximate surface area is 123 Å². The van der Waals surface area contributed by atoms with Crippen LogP contribution in [0.4, 0.5) is 18.0 Å². The Hall–Kier alpha value is -1.24. The van der Waals surface area contributed by atoms with E-state index in [9.17, 15) is 18.0 Å². The van der Waals surface area contributed by atoms with Crippen molar-refractivity contribution in [3.8, 4) is 0 Å². The molecule has 7 heteroatoms. The molecule has 1 aromatic rings. The number of halogens is 4. The van der Waals surface area contributed by atoms with Gasteiger partial charge in [0.1, 0.15) is 5.60 Å². The van der Waals surface area contributed by atoms with Crippen LogP contribution >= 0.6 is 15.9 Å². The van der Waals surface area contributed by atoms with E-state index in [4.69, 9.17) is 4.74 Å². The van der Waals surface area contributed by atoms with Crippen molar-refractivity contribution in [2.45, 2.75) is 38.6 Å². The zero-order chi connectivity index (χ0) is 15.6. The molecular formula is C13H15BrF3NO2. The van der Waals surface area contributed by atoms with Gasteiger partial charge in [-0.3, -0.25) is 0 Å². The van der Waals surface area contributed by atoms with Crippen LogP contribution in [0.1, 0.15) is 32.4 Å². The number of hydrogen-bond donors (Lipinski definition) is 1. The Kier molecular flexibility index (Phi) is 5.07. The number of ether oxygens (including phenoxy) is 1. The van der Waals surface area contributed by atoms with Gasteiger partial charge in [-0.1, -0.05) is 28.1 Å². The molecule has 0 aliphatic heterocycles. The van der Waals surface area contributed by atoms with Crippen molar-refractivity contribution < 1.29 is 22.7 Å². The minimum atomic E-state index is -4.61. The molecule has 0 aromatic heterocycles. The molecule has 3 nitrogen and oxygen atoms in total. The van der Waals surface area contributed by atoms with E-state index >= 15 is 0 Å². The number of carbonyl (C=O) groups excluding carboxylic acids is 1. The number of alkyl carbamates (subject to hydrolysis) is 1.